The van der Waals surface area contributed by atoms with E-state index >= 15 is 0 Å². The van der Waals surface area contributed by atoms with Crippen molar-refractivity contribution in [3.63, 3.8) is 0 Å². The second-order valence-electron chi connectivity index (χ2n) is 7.60. The van der Waals surface area contributed by atoms with E-state index in [2.05, 4.69) is 5.32 Å². The molecule has 0 bridgehead atoms. The van der Waals surface area contributed by atoms with Crippen molar-refractivity contribution in [3.8, 4) is 11.1 Å². The third kappa shape index (κ3) is 4.66. The molecule has 1 heterocycles. The summed E-state index contributed by atoms with van der Waals surface area (Å²) < 4.78 is 0.710. The number of carboxylic acids is 1. The van der Waals surface area contributed by atoms with E-state index in [1.807, 2.05) is 30.3 Å². The quantitative estimate of drug-likeness (QED) is 0.466. The molecule has 0 fully saturated rings. The normalized spacial score (nSPS) is 13.8. The molecule has 30 heavy (non-hydrogen) atoms. The first-order valence-electron chi connectivity index (χ1n) is 9.67. The maximum absolute atomic E-state index is 12.7. The standard InChI is InChI=1S/C24H24N2O4/c1-17(24(2,23(28)29)16-18-6-4-3-5-7-18)25-22(27)21-10-8-19(9-11-21)20-12-14-26(30)15-13-20/h3-15,17H,16H2,1-2H3,(H,25,27)(H,28,29). The van der Waals surface area contributed by atoms with Gasteiger partial charge in [-0.2, -0.15) is 4.73 Å². The molecule has 0 spiro atoms. The van der Waals surface area contributed by atoms with Gasteiger partial charge in [-0.15, -0.1) is 0 Å². The molecule has 2 atom stereocenters. The molecule has 1 amide bonds. The van der Waals surface area contributed by atoms with Gasteiger partial charge >= 0.3 is 5.97 Å². The number of benzene rings is 2. The van der Waals surface area contributed by atoms with Crippen LogP contribution in [0.4, 0.5) is 0 Å². The highest BCUT2D eigenvalue weighted by molar-refractivity contribution is 5.95. The van der Waals surface area contributed by atoms with E-state index in [9.17, 15) is 19.9 Å². The molecule has 6 heteroatoms. The minimum Gasteiger partial charge on any atom is -0.619 e. The van der Waals surface area contributed by atoms with Crippen LogP contribution in [0.5, 0.6) is 0 Å². The van der Waals surface area contributed by atoms with Crippen molar-refractivity contribution in [2.75, 3.05) is 0 Å². The first kappa shape index (κ1) is 21.0. The first-order valence-corrected chi connectivity index (χ1v) is 9.67. The van der Waals surface area contributed by atoms with E-state index in [1.54, 1.807) is 50.2 Å². The number of carbonyl (C=O) groups excluding carboxylic acids is 1. The smallest absolute Gasteiger partial charge is 0.311 e. The van der Waals surface area contributed by atoms with E-state index in [0.717, 1.165) is 16.7 Å². The Bertz CT molecular complexity index is 1020. The monoisotopic (exact) mass is 404 g/mol. The number of aromatic nitrogens is 1. The van der Waals surface area contributed by atoms with Gasteiger partial charge in [-0.3, -0.25) is 9.59 Å². The Morgan fingerprint density at radius 1 is 1.00 bits per heavy atom. The van der Waals surface area contributed by atoms with Crippen LogP contribution < -0.4 is 10.0 Å². The number of pyridine rings is 1. The molecule has 2 N–H and O–H groups in total. The average Bonchev–Trinajstić information content (AvgIpc) is 2.75. The van der Waals surface area contributed by atoms with Crippen molar-refractivity contribution in [1.82, 2.24) is 5.32 Å². The van der Waals surface area contributed by atoms with Crippen LogP contribution in [0.15, 0.2) is 79.1 Å². The minimum atomic E-state index is -1.16. The zero-order valence-corrected chi connectivity index (χ0v) is 16.9. The number of rotatable bonds is 7. The van der Waals surface area contributed by atoms with Crippen molar-refractivity contribution in [2.45, 2.75) is 26.3 Å². The van der Waals surface area contributed by atoms with Crippen LogP contribution in [0, 0.1) is 10.6 Å². The zero-order chi connectivity index (χ0) is 21.7. The molecule has 0 saturated carbocycles. The van der Waals surface area contributed by atoms with Gasteiger partial charge in [0.15, 0.2) is 12.4 Å². The molecular weight excluding hydrogens is 380 g/mol. The summed E-state index contributed by atoms with van der Waals surface area (Å²) in [5, 5.41) is 23.9. The molecule has 0 aliphatic heterocycles. The van der Waals surface area contributed by atoms with Crippen LogP contribution in [0.1, 0.15) is 29.8 Å². The van der Waals surface area contributed by atoms with Gasteiger partial charge in [-0.05, 0) is 49.1 Å². The lowest BCUT2D eigenvalue weighted by molar-refractivity contribution is -0.605. The van der Waals surface area contributed by atoms with Gasteiger partial charge in [0.25, 0.3) is 5.91 Å². The fraction of sp³-hybridized carbons (Fsp3) is 0.208. The number of aliphatic carboxylic acids is 1. The Balaban J connectivity index is 1.73. The largest absolute Gasteiger partial charge is 0.619 e. The average molecular weight is 404 g/mol. The van der Waals surface area contributed by atoms with E-state index in [-0.39, 0.29) is 5.91 Å². The van der Waals surface area contributed by atoms with Gasteiger partial charge in [-0.25, -0.2) is 0 Å². The molecule has 3 rings (SSSR count). The summed E-state index contributed by atoms with van der Waals surface area (Å²) in [7, 11) is 0. The third-order valence-electron chi connectivity index (χ3n) is 5.49. The van der Waals surface area contributed by atoms with E-state index in [0.29, 0.717) is 16.7 Å². The van der Waals surface area contributed by atoms with Gasteiger partial charge < -0.3 is 15.6 Å². The topological polar surface area (TPSA) is 93.3 Å². The molecule has 2 aromatic carbocycles. The Morgan fingerprint density at radius 2 is 1.57 bits per heavy atom. The SMILES string of the molecule is CC(NC(=O)c1ccc(-c2cc[n+]([O-])cc2)cc1)C(C)(Cc1ccccc1)C(=O)O. The number of nitrogens with zero attached hydrogens (tertiary/aromatic N) is 1. The van der Waals surface area contributed by atoms with Crippen molar-refractivity contribution >= 4 is 11.9 Å². The number of carbonyl (C=O) groups is 2. The van der Waals surface area contributed by atoms with Gasteiger partial charge in [0.2, 0.25) is 0 Å². The fourth-order valence-electron chi connectivity index (χ4n) is 3.29. The molecule has 6 nitrogen and oxygen atoms in total. The highest BCUT2D eigenvalue weighted by Crippen LogP contribution is 2.28. The number of nitrogens with one attached hydrogen (secondary N) is 1. The van der Waals surface area contributed by atoms with Crippen molar-refractivity contribution in [1.29, 1.82) is 0 Å². The predicted molar refractivity (Wildman–Crippen MR) is 114 cm³/mol. The third-order valence-corrected chi connectivity index (χ3v) is 5.49. The summed E-state index contributed by atoms with van der Waals surface area (Å²) >= 11 is 0. The van der Waals surface area contributed by atoms with Gasteiger partial charge in [-0.1, -0.05) is 42.5 Å². The Kier molecular flexibility index (Phi) is 6.16. The van der Waals surface area contributed by atoms with Gasteiger partial charge in [0.05, 0.1) is 5.41 Å². The van der Waals surface area contributed by atoms with Crippen LogP contribution in [-0.4, -0.2) is 23.0 Å². The molecular formula is C24H24N2O4. The maximum atomic E-state index is 12.7. The lowest BCUT2D eigenvalue weighted by atomic mass is 9.77. The molecule has 0 aliphatic carbocycles. The summed E-state index contributed by atoms with van der Waals surface area (Å²) in [5.41, 5.74) is 1.92. The molecule has 1 aromatic heterocycles. The number of amides is 1. The van der Waals surface area contributed by atoms with Crippen LogP contribution in [-0.2, 0) is 11.2 Å². The number of hydrogen-bond donors (Lipinski definition) is 2. The molecule has 0 radical (unpaired) electrons. The highest BCUT2D eigenvalue weighted by Gasteiger charge is 2.40. The summed E-state index contributed by atoms with van der Waals surface area (Å²) in [6.07, 6.45) is 3.13. The Hall–Kier alpha value is -3.67. The van der Waals surface area contributed by atoms with Crippen molar-refractivity contribution in [3.05, 3.63) is 95.5 Å². The molecule has 0 saturated heterocycles. The second-order valence-corrected chi connectivity index (χ2v) is 7.60. The van der Waals surface area contributed by atoms with Crippen molar-refractivity contribution in [2.24, 2.45) is 5.41 Å². The zero-order valence-electron chi connectivity index (χ0n) is 16.9. The number of hydrogen-bond acceptors (Lipinski definition) is 3. The lowest BCUT2D eigenvalue weighted by Gasteiger charge is -2.32. The van der Waals surface area contributed by atoms with Crippen LogP contribution in [0.3, 0.4) is 0 Å². The van der Waals surface area contributed by atoms with Gasteiger partial charge in [0, 0.05) is 23.7 Å². The fourth-order valence-corrected chi connectivity index (χ4v) is 3.29. The number of carboxylic acid groups (broad SMARTS) is 1. The molecule has 154 valence electrons. The summed E-state index contributed by atoms with van der Waals surface area (Å²) in [5.74, 6) is -1.30. The summed E-state index contributed by atoms with van der Waals surface area (Å²) in [6, 6.07) is 19.1. The van der Waals surface area contributed by atoms with Gasteiger partial charge in [0.1, 0.15) is 0 Å². The minimum absolute atomic E-state index is 0.303. The van der Waals surface area contributed by atoms with E-state index in [4.69, 9.17) is 0 Å². The van der Waals surface area contributed by atoms with Crippen LogP contribution in [0.2, 0.25) is 0 Å². The predicted octanol–water partition coefficient (Wildman–Crippen LogP) is 3.44. The lowest BCUT2D eigenvalue weighted by Crippen LogP contribution is -2.50. The first-order chi connectivity index (χ1) is 14.3. The van der Waals surface area contributed by atoms with E-state index < -0.39 is 17.4 Å². The van der Waals surface area contributed by atoms with Crippen LogP contribution >= 0.6 is 0 Å². The summed E-state index contributed by atoms with van der Waals surface area (Å²) in [6.45, 7) is 3.36. The molecule has 0 aliphatic rings. The highest BCUT2D eigenvalue weighted by atomic mass is 16.5. The summed E-state index contributed by atoms with van der Waals surface area (Å²) in [4.78, 5) is 24.8. The Morgan fingerprint density at radius 3 is 2.13 bits per heavy atom. The van der Waals surface area contributed by atoms with Crippen molar-refractivity contribution < 1.29 is 19.4 Å². The molecule has 3 aromatic rings. The maximum Gasteiger partial charge on any atom is 0.311 e. The molecule has 2 unspecified atom stereocenters. The second kappa shape index (κ2) is 8.78. The Labute approximate surface area is 175 Å². The van der Waals surface area contributed by atoms with E-state index in [1.165, 1.54) is 12.4 Å². The van der Waals surface area contributed by atoms with Crippen LogP contribution in [0.25, 0.3) is 11.1 Å².